The summed E-state index contributed by atoms with van der Waals surface area (Å²) >= 11 is 0. The molecule has 0 aromatic heterocycles. The minimum atomic E-state index is -0.574. The number of benzene rings is 1. The number of alkyl carbamates (subject to hydrolysis) is 1. The smallest absolute Gasteiger partial charge is 0.408 e. The van der Waals surface area contributed by atoms with Crippen molar-refractivity contribution in [1.82, 2.24) is 10.6 Å². The molecule has 0 aliphatic carbocycles. The zero-order valence-electron chi connectivity index (χ0n) is 12.7. The molecule has 0 aliphatic heterocycles. The monoisotopic (exact) mass is 290 g/mol. The fraction of sp³-hybridized carbons (Fsp3) is 0.375. The lowest BCUT2D eigenvalue weighted by Crippen LogP contribution is -2.40. The third kappa shape index (κ3) is 6.61. The van der Waals surface area contributed by atoms with E-state index in [0.29, 0.717) is 0 Å². The first-order valence-electron chi connectivity index (χ1n) is 6.76. The van der Waals surface area contributed by atoms with E-state index in [0.717, 1.165) is 5.56 Å². The van der Waals surface area contributed by atoms with Gasteiger partial charge in [-0.1, -0.05) is 36.9 Å². The molecule has 1 rings (SSSR count). The van der Waals surface area contributed by atoms with Crippen LogP contribution in [0, 0.1) is 0 Å². The molecular weight excluding hydrogens is 268 g/mol. The fourth-order valence-electron chi connectivity index (χ4n) is 1.66. The molecule has 1 aromatic rings. The van der Waals surface area contributed by atoms with Crippen molar-refractivity contribution in [2.75, 3.05) is 6.54 Å². The Bertz CT molecular complexity index is 492. The fourth-order valence-corrected chi connectivity index (χ4v) is 1.66. The van der Waals surface area contributed by atoms with Crippen molar-refractivity contribution < 1.29 is 14.3 Å². The van der Waals surface area contributed by atoms with Crippen LogP contribution in [-0.2, 0) is 9.53 Å². The quantitative estimate of drug-likeness (QED) is 0.819. The summed E-state index contributed by atoms with van der Waals surface area (Å²) in [7, 11) is 0. The summed E-state index contributed by atoms with van der Waals surface area (Å²) in [5.41, 5.74) is 0.308. The first kappa shape index (κ1) is 16.8. The van der Waals surface area contributed by atoms with Gasteiger partial charge < -0.3 is 15.4 Å². The Kier molecular flexibility index (Phi) is 5.96. The van der Waals surface area contributed by atoms with Crippen LogP contribution in [0.25, 0.3) is 0 Å². The Morgan fingerprint density at radius 3 is 2.43 bits per heavy atom. The molecule has 2 amide bonds. The van der Waals surface area contributed by atoms with Crippen LogP contribution in [0.1, 0.15) is 32.4 Å². The molecule has 0 fully saturated rings. The van der Waals surface area contributed by atoms with E-state index in [1.165, 1.54) is 6.08 Å². The minimum absolute atomic E-state index is 0.258. The zero-order valence-corrected chi connectivity index (χ0v) is 12.7. The average molecular weight is 290 g/mol. The van der Waals surface area contributed by atoms with Crippen molar-refractivity contribution in [2.24, 2.45) is 0 Å². The number of nitrogens with one attached hydrogen (secondary N) is 2. The molecule has 0 aliphatic rings. The van der Waals surface area contributed by atoms with E-state index in [9.17, 15) is 9.59 Å². The number of rotatable bonds is 5. The predicted octanol–water partition coefficient (Wildman–Crippen LogP) is 2.55. The van der Waals surface area contributed by atoms with Gasteiger partial charge in [0.05, 0.1) is 6.04 Å². The zero-order chi connectivity index (χ0) is 15.9. The Balaban J connectivity index is 2.75. The van der Waals surface area contributed by atoms with Crippen molar-refractivity contribution in [3.63, 3.8) is 0 Å². The summed E-state index contributed by atoms with van der Waals surface area (Å²) in [6, 6.07) is 9.01. The Morgan fingerprint density at radius 1 is 1.29 bits per heavy atom. The summed E-state index contributed by atoms with van der Waals surface area (Å²) in [5.74, 6) is -0.290. The van der Waals surface area contributed by atoms with E-state index >= 15 is 0 Å². The lowest BCUT2D eigenvalue weighted by Gasteiger charge is -2.24. The van der Waals surface area contributed by atoms with E-state index in [1.807, 2.05) is 30.3 Å². The lowest BCUT2D eigenvalue weighted by atomic mass is 10.1. The van der Waals surface area contributed by atoms with Gasteiger partial charge in [0.2, 0.25) is 5.91 Å². The normalized spacial score (nSPS) is 12.1. The molecule has 0 saturated heterocycles. The second kappa shape index (κ2) is 7.47. The summed E-state index contributed by atoms with van der Waals surface area (Å²) < 4.78 is 5.24. The molecule has 114 valence electrons. The van der Waals surface area contributed by atoms with Crippen LogP contribution in [0.15, 0.2) is 43.0 Å². The second-order valence-corrected chi connectivity index (χ2v) is 5.56. The number of carbonyl (C=O) groups is 2. The molecular formula is C16H22N2O3. The standard InChI is InChI=1S/C16H22N2O3/c1-5-14(19)17-11-13(12-9-7-6-8-10-12)18-15(20)21-16(2,3)4/h5-10,13H,1,11H2,2-4H3,(H,17,19)(H,18,20)/t13-/m0/s1. The van der Waals surface area contributed by atoms with E-state index in [1.54, 1.807) is 20.8 Å². The highest BCUT2D eigenvalue weighted by Crippen LogP contribution is 2.13. The van der Waals surface area contributed by atoms with Gasteiger partial charge in [0.15, 0.2) is 0 Å². The summed E-state index contributed by atoms with van der Waals surface area (Å²) in [6.07, 6.45) is 0.666. The molecule has 1 aromatic carbocycles. The molecule has 0 spiro atoms. The summed E-state index contributed by atoms with van der Waals surface area (Å²) in [6.45, 7) is 9.04. The van der Waals surface area contributed by atoms with Gasteiger partial charge in [0.25, 0.3) is 0 Å². The maximum Gasteiger partial charge on any atom is 0.408 e. The highest BCUT2D eigenvalue weighted by molar-refractivity contribution is 5.86. The number of hydrogen-bond donors (Lipinski definition) is 2. The van der Waals surface area contributed by atoms with Gasteiger partial charge in [0, 0.05) is 6.54 Å². The van der Waals surface area contributed by atoms with E-state index < -0.39 is 11.7 Å². The molecule has 0 heterocycles. The van der Waals surface area contributed by atoms with Crippen LogP contribution in [-0.4, -0.2) is 24.1 Å². The molecule has 0 saturated carbocycles. The Hall–Kier alpha value is -2.30. The molecule has 21 heavy (non-hydrogen) atoms. The van der Waals surface area contributed by atoms with Crippen LogP contribution in [0.4, 0.5) is 4.79 Å². The maximum atomic E-state index is 11.9. The summed E-state index contributed by atoms with van der Waals surface area (Å²) in [5, 5.41) is 5.43. The van der Waals surface area contributed by atoms with Crippen LogP contribution in [0.2, 0.25) is 0 Å². The highest BCUT2D eigenvalue weighted by Gasteiger charge is 2.20. The molecule has 0 bridgehead atoms. The van der Waals surface area contributed by atoms with Crippen LogP contribution < -0.4 is 10.6 Å². The SMILES string of the molecule is C=CC(=O)NC[C@H](NC(=O)OC(C)(C)C)c1ccccc1. The number of amides is 2. The van der Waals surface area contributed by atoms with Crippen molar-refractivity contribution in [1.29, 1.82) is 0 Å². The molecule has 5 nitrogen and oxygen atoms in total. The van der Waals surface area contributed by atoms with E-state index in [-0.39, 0.29) is 18.5 Å². The summed E-state index contributed by atoms with van der Waals surface area (Å²) in [4.78, 5) is 23.2. The van der Waals surface area contributed by atoms with Crippen LogP contribution in [0.3, 0.4) is 0 Å². The average Bonchev–Trinajstić information content (AvgIpc) is 2.42. The number of carbonyl (C=O) groups excluding carboxylic acids is 2. The number of hydrogen-bond acceptors (Lipinski definition) is 3. The third-order valence-corrected chi connectivity index (χ3v) is 2.56. The van der Waals surface area contributed by atoms with Gasteiger partial charge in [-0.15, -0.1) is 0 Å². The van der Waals surface area contributed by atoms with Crippen molar-refractivity contribution in [3.8, 4) is 0 Å². The van der Waals surface area contributed by atoms with Gasteiger partial charge in [-0.05, 0) is 32.4 Å². The Morgan fingerprint density at radius 2 is 1.90 bits per heavy atom. The topological polar surface area (TPSA) is 67.4 Å². The molecule has 0 radical (unpaired) electrons. The van der Waals surface area contributed by atoms with E-state index in [4.69, 9.17) is 4.74 Å². The van der Waals surface area contributed by atoms with Gasteiger partial charge >= 0.3 is 6.09 Å². The van der Waals surface area contributed by atoms with Gasteiger partial charge in [-0.3, -0.25) is 4.79 Å². The van der Waals surface area contributed by atoms with Crippen LogP contribution in [0.5, 0.6) is 0 Å². The third-order valence-electron chi connectivity index (χ3n) is 2.56. The Labute approximate surface area is 125 Å². The maximum absolute atomic E-state index is 11.9. The highest BCUT2D eigenvalue weighted by atomic mass is 16.6. The van der Waals surface area contributed by atoms with Crippen molar-refractivity contribution >= 4 is 12.0 Å². The lowest BCUT2D eigenvalue weighted by molar-refractivity contribution is -0.116. The largest absolute Gasteiger partial charge is 0.444 e. The van der Waals surface area contributed by atoms with Crippen molar-refractivity contribution in [3.05, 3.63) is 48.6 Å². The van der Waals surface area contributed by atoms with Gasteiger partial charge in [-0.2, -0.15) is 0 Å². The molecule has 2 N–H and O–H groups in total. The first-order chi connectivity index (χ1) is 9.81. The number of ether oxygens (including phenoxy) is 1. The van der Waals surface area contributed by atoms with Crippen LogP contribution >= 0.6 is 0 Å². The minimum Gasteiger partial charge on any atom is -0.444 e. The van der Waals surface area contributed by atoms with Gasteiger partial charge in [0.1, 0.15) is 5.60 Å². The van der Waals surface area contributed by atoms with Gasteiger partial charge in [-0.25, -0.2) is 4.79 Å². The van der Waals surface area contributed by atoms with Crippen molar-refractivity contribution in [2.45, 2.75) is 32.4 Å². The predicted molar refractivity (Wildman–Crippen MR) is 81.8 cm³/mol. The second-order valence-electron chi connectivity index (χ2n) is 5.56. The first-order valence-corrected chi connectivity index (χ1v) is 6.76. The molecule has 5 heteroatoms. The molecule has 0 unspecified atom stereocenters. The van der Waals surface area contributed by atoms with E-state index in [2.05, 4.69) is 17.2 Å². The molecule has 1 atom stereocenters.